The summed E-state index contributed by atoms with van der Waals surface area (Å²) in [5, 5.41) is 18.0. The monoisotopic (exact) mass is 263 g/mol. The minimum absolute atomic E-state index is 0.0500. The molecule has 6 nitrogen and oxygen atoms in total. The summed E-state index contributed by atoms with van der Waals surface area (Å²) in [5.74, 6) is -3.11. The maximum Gasteiger partial charge on any atom is 0.336 e. The molecule has 6 heteroatoms. The van der Waals surface area contributed by atoms with Gasteiger partial charge in [0.15, 0.2) is 0 Å². The lowest BCUT2D eigenvalue weighted by atomic mass is 10.1. The van der Waals surface area contributed by atoms with Crippen molar-refractivity contribution in [1.29, 1.82) is 0 Å². The molecular weight excluding hydrogens is 250 g/mol. The van der Waals surface area contributed by atoms with Gasteiger partial charge >= 0.3 is 11.9 Å². The summed E-state index contributed by atoms with van der Waals surface area (Å²) in [6.07, 6.45) is -0.0500. The van der Waals surface area contributed by atoms with Crippen molar-refractivity contribution in [3.63, 3.8) is 0 Å². The molecule has 0 bridgehead atoms. The van der Waals surface area contributed by atoms with Gasteiger partial charge in [-0.15, -0.1) is 0 Å². The number of nitrogens with zero attached hydrogens (tertiary/aromatic N) is 1. The third-order valence-corrected chi connectivity index (χ3v) is 3.24. The lowest BCUT2D eigenvalue weighted by molar-refractivity contribution is -0.141. The molecule has 1 aromatic carbocycles. The minimum atomic E-state index is -1.07. The van der Waals surface area contributed by atoms with E-state index in [1.54, 1.807) is 19.1 Å². The molecule has 100 valence electrons. The second-order valence-electron chi connectivity index (χ2n) is 4.55. The van der Waals surface area contributed by atoms with E-state index in [4.69, 9.17) is 10.2 Å². The average Bonchev–Trinajstić information content (AvgIpc) is 2.72. The standard InChI is InChI=1S/C13H13NO5/c1-7-2-3-9(5-10(7)13(18)19)14-6-8(12(16)17)4-11(14)15/h2-3,5,8H,4,6H2,1H3,(H,16,17)(H,18,19). The molecule has 19 heavy (non-hydrogen) atoms. The molecule has 1 amide bonds. The van der Waals surface area contributed by atoms with Crippen LogP contribution in [0.3, 0.4) is 0 Å². The molecule has 1 fully saturated rings. The van der Waals surface area contributed by atoms with Crippen LogP contribution in [0.5, 0.6) is 0 Å². The van der Waals surface area contributed by atoms with E-state index in [1.807, 2.05) is 0 Å². The number of carbonyl (C=O) groups is 3. The lowest BCUT2D eigenvalue weighted by Crippen LogP contribution is -2.26. The van der Waals surface area contributed by atoms with E-state index < -0.39 is 17.9 Å². The van der Waals surface area contributed by atoms with Crippen molar-refractivity contribution in [3.8, 4) is 0 Å². The van der Waals surface area contributed by atoms with Crippen LogP contribution >= 0.6 is 0 Å². The third kappa shape index (κ3) is 2.42. The first-order valence-electron chi connectivity index (χ1n) is 5.77. The number of carbonyl (C=O) groups excluding carboxylic acids is 1. The fraction of sp³-hybridized carbons (Fsp3) is 0.308. The highest BCUT2D eigenvalue weighted by molar-refractivity contribution is 6.00. The van der Waals surface area contributed by atoms with Crippen LogP contribution in [0.15, 0.2) is 18.2 Å². The number of carboxylic acid groups (broad SMARTS) is 2. The number of hydrogen-bond donors (Lipinski definition) is 2. The summed E-state index contributed by atoms with van der Waals surface area (Å²) in [7, 11) is 0. The molecule has 0 radical (unpaired) electrons. The van der Waals surface area contributed by atoms with Gasteiger partial charge in [-0.05, 0) is 24.6 Å². The average molecular weight is 263 g/mol. The molecule has 1 atom stereocenters. The van der Waals surface area contributed by atoms with Crippen molar-refractivity contribution >= 4 is 23.5 Å². The van der Waals surface area contributed by atoms with Crippen LogP contribution in [0.25, 0.3) is 0 Å². The number of benzene rings is 1. The Labute approximate surface area is 109 Å². The second kappa shape index (κ2) is 4.72. The van der Waals surface area contributed by atoms with Gasteiger partial charge in [-0.1, -0.05) is 6.07 Å². The van der Waals surface area contributed by atoms with Crippen LogP contribution in [0.4, 0.5) is 5.69 Å². The van der Waals surface area contributed by atoms with Gasteiger partial charge in [0.25, 0.3) is 0 Å². The van der Waals surface area contributed by atoms with E-state index in [9.17, 15) is 14.4 Å². The zero-order chi connectivity index (χ0) is 14.2. The number of carboxylic acids is 2. The third-order valence-electron chi connectivity index (χ3n) is 3.24. The highest BCUT2D eigenvalue weighted by Crippen LogP contribution is 2.27. The van der Waals surface area contributed by atoms with Gasteiger partial charge in [-0.2, -0.15) is 0 Å². The molecule has 0 aliphatic carbocycles. The molecule has 1 saturated heterocycles. The van der Waals surface area contributed by atoms with E-state index in [2.05, 4.69) is 0 Å². The van der Waals surface area contributed by atoms with Gasteiger partial charge in [0.2, 0.25) is 5.91 Å². The van der Waals surface area contributed by atoms with E-state index in [-0.39, 0.29) is 24.4 Å². The zero-order valence-electron chi connectivity index (χ0n) is 10.3. The van der Waals surface area contributed by atoms with Gasteiger partial charge in [-0.3, -0.25) is 9.59 Å². The molecule has 2 rings (SSSR count). The summed E-state index contributed by atoms with van der Waals surface area (Å²) in [5.41, 5.74) is 1.14. The molecule has 1 heterocycles. The Hall–Kier alpha value is -2.37. The molecule has 0 aromatic heterocycles. The van der Waals surface area contributed by atoms with Crippen LogP contribution in [0.1, 0.15) is 22.3 Å². The highest BCUT2D eigenvalue weighted by Gasteiger charge is 2.35. The van der Waals surface area contributed by atoms with Gasteiger partial charge in [-0.25, -0.2) is 4.79 Å². The topological polar surface area (TPSA) is 94.9 Å². The lowest BCUT2D eigenvalue weighted by Gasteiger charge is -2.17. The van der Waals surface area contributed by atoms with Crippen molar-refractivity contribution in [2.45, 2.75) is 13.3 Å². The van der Waals surface area contributed by atoms with Crippen LogP contribution in [0.2, 0.25) is 0 Å². The Bertz CT molecular complexity index is 566. The van der Waals surface area contributed by atoms with E-state index >= 15 is 0 Å². The first-order chi connectivity index (χ1) is 8.90. The first kappa shape index (κ1) is 13.1. The van der Waals surface area contributed by atoms with Crippen LogP contribution < -0.4 is 4.90 Å². The molecule has 1 aliphatic heterocycles. The Morgan fingerprint density at radius 3 is 2.53 bits per heavy atom. The van der Waals surface area contributed by atoms with Crippen molar-refractivity contribution in [1.82, 2.24) is 0 Å². The predicted octanol–water partition coefficient (Wildman–Crippen LogP) is 1.13. The van der Waals surface area contributed by atoms with Crippen molar-refractivity contribution in [2.75, 3.05) is 11.4 Å². The summed E-state index contributed by atoms with van der Waals surface area (Å²) in [4.78, 5) is 35.0. The summed E-state index contributed by atoms with van der Waals surface area (Å²) >= 11 is 0. The smallest absolute Gasteiger partial charge is 0.336 e. The highest BCUT2D eigenvalue weighted by atomic mass is 16.4. The van der Waals surface area contributed by atoms with E-state index in [0.29, 0.717) is 11.3 Å². The van der Waals surface area contributed by atoms with E-state index in [1.165, 1.54) is 11.0 Å². The van der Waals surface area contributed by atoms with Crippen molar-refractivity contribution < 1.29 is 24.6 Å². The molecule has 2 N–H and O–H groups in total. The van der Waals surface area contributed by atoms with Crippen molar-refractivity contribution in [2.24, 2.45) is 5.92 Å². The number of aromatic carboxylic acids is 1. The first-order valence-corrected chi connectivity index (χ1v) is 5.77. The van der Waals surface area contributed by atoms with Gasteiger partial charge in [0.1, 0.15) is 0 Å². The zero-order valence-corrected chi connectivity index (χ0v) is 10.3. The van der Waals surface area contributed by atoms with Crippen LogP contribution in [0, 0.1) is 12.8 Å². The molecule has 1 unspecified atom stereocenters. The molecular formula is C13H13NO5. The Morgan fingerprint density at radius 1 is 1.32 bits per heavy atom. The maximum atomic E-state index is 11.8. The molecule has 0 spiro atoms. The van der Waals surface area contributed by atoms with Crippen molar-refractivity contribution in [3.05, 3.63) is 29.3 Å². The quantitative estimate of drug-likeness (QED) is 0.852. The maximum absolute atomic E-state index is 11.8. The molecule has 1 aromatic rings. The number of hydrogen-bond acceptors (Lipinski definition) is 3. The summed E-state index contributed by atoms with van der Waals surface area (Å²) in [6, 6.07) is 4.64. The number of anilines is 1. The number of aryl methyl sites for hydroxylation is 1. The Balaban J connectivity index is 2.33. The SMILES string of the molecule is Cc1ccc(N2CC(C(=O)O)CC2=O)cc1C(=O)O. The number of amides is 1. The normalized spacial score (nSPS) is 18.7. The predicted molar refractivity (Wildman–Crippen MR) is 66.2 cm³/mol. The number of aliphatic carboxylic acids is 1. The summed E-state index contributed by atoms with van der Waals surface area (Å²) in [6.45, 7) is 1.75. The van der Waals surface area contributed by atoms with Crippen LogP contribution in [-0.2, 0) is 9.59 Å². The Morgan fingerprint density at radius 2 is 2.00 bits per heavy atom. The minimum Gasteiger partial charge on any atom is -0.481 e. The fourth-order valence-corrected chi connectivity index (χ4v) is 2.13. The molecule has 1 aliphatic rings. The van der Waals surface area contributed by atoms with Gasteiger partial charge < -0.3 is 15.1 Å². The van der Waals surface area contributed by atoms with E-state index in [0.717, 1.165) is 0 Å². The largest absolute Gasteiger partial charge is 0.481 e. The fourth-order valence-electron chi connectivity index (χ4n) is 2.13. The second-order valence-corrected chi connectivity index (χ2v) is 4.55. The van der Waals surface area contributed by atoms with Gasteiger partial charge in [0, 0.05) is 18.7 Å². The molecule has 0 saturated carbocycles. The number of rotatable bonds is 3. The Kier molecular flexibility index (Phi) is 3.25. The van der Waals surface area contributed by atoms with Crippen LogP contribution in [-0.4, -0.2) is 34.6 Å². The summed E-state index contributed by atoms with van der Waals surface area (Å²) < 4.78 is 0. The van der Waals surface area contributed by atoms with Gasteiger partial charge in [0.05, 0.1) is 11.5 Å².